The molecule has 0 atom stereocenters. The van der Waals surface area contributed by atoms with Crippen molar-refractivity contribution in [2.45, 2.75) is 0 Å². The molecule has 0 aliphatic heterocycles. The summed E-state index contributed by atoms with van der Waals surface area (Å²) < 4.78 is 0. The van der Waals surface area contributed by atoms with E-state index in [0.29, 0.717) is 0 Å². The average molecular weight is 294 g/mol. The van der Waals surface area contributed by atoms with Crippen LogP contribution in [0.4, 0.5) is 0 Å². The molecule has 0 spiro atoms. The molecule has 0 saturated carbocycles. The second kappa shape index (κ2) is 7.04. The summed E-state index contributed by atoms with van der Waals surface area (Å²) in [6.45, 7) is 0. The molecule has 0 aromatic heterocycles. The van der Waals surface area contributed by atoms with E-state index < -0.39 is 17.5 Å². The minimum Gasteiger partial charge on any atom is -0.477 e. The fourth-order valence-corrected chi connectivity index (χ4v) is 2.00. The first-order valence-electron chi connectivity index (χ1n) is 6.59. The molecule has 0 aliphatic rings. The Morgan fingerprint density at radius 3 is 1.45 bits per heavy atom. The van der Waals surface area contributed by atoms with Gasteiger partial charge in [-0.3, -0.25) is 0 Å². The van der Waals surface area contributed by atoms with Gasteiger partial charge in [0.05, 0.1) is 0 Å². The van der Waals surface area contributed by atoms with Crippen molar-refractivity contribution in [1.29, 1.82) is 0 Å². The fraction of sp³-hybridized carbons (Fsp3) is 0. The molecule has 4 nitrogen and oxygen atoms in total. The lowest BCUT2D eigenvalue weighted by molar-refractivity contribution is -0.140. The first kappa shape index (κ1) is 15.3. The third-order valence-electron chi connectivity index (χ3n) is 3.05. The summed E-state index contributed by atoms with van der Waals surface area (Å²) in [5, 5.41) is 17.8. The molecule has 2 N–H and O–H groups in total. The van der Waals surface area contributed by atoms with Gasteiger partial charge in [0, 0.05) is 0 Å². The predicted octanol–water partition coefficient (Wildman–Crippen LogP) is 3.21. The van der Waals surface area contributed by atoms with E-state index in [9.17, 15) is 9.59 Å². The molecule has 0 heterocycles. The van der Waals surface area contributed by atoms with Crippen molar-refractivity contribution in [3.8, 4) is 0 Å². The third-order valence-corrected chi connectivity index (χ3v) is 3.05. The highest BCUT2D eigenvalue weighted by Crippen LogP contribution is 2.23. The van der Waals surface area contributed by atoms with Crippen molar-refractivity contribution in [1.82, 2.24) is 0 Å². The molecule has 2 aromatic carbocycles. The molecule has 4 heteroatoms. The SMILES string of the molecule is O=C(O)C(=CC=C(c1ccccc1)c1ccccc1)C(=O)O. The van der Waals surface area contributed by atoms with Crippen LogP contribution in [-0.4, -0.2) is 22.2 Å². The predicted molar refractivity (Wildman–Crippen MR) is 83.3 cm³/mol. The van der Waals surface area contributed by atoms with Crippen molar-refractivity contribution in [3.05, 3.63) is 89.5 Å². The van der Waals surface area contributed by atoms with Crippen molar-refractivity contribution in [3.63, 3.8) is 0 Å². The summed E-state index contributed by atoms with van der Waals surface area (Å²) >= 11 is 0. The second-order valence-corrected chi connectivity index (χ2v) is 4.50. The maximum atomic E-state index is 10.9. The lowest BCUT2D eigenvalue weighted by Crippen LogP contribution is -2.10. The van der Waals surface area contributed by atoms with Crippen LogP contribution in [0.2, 0.25) is 0 Å². The Bertz CT molecular complexity index is 671. The van der Waals surface area contributed by atoms with Crippen LogP contribution < -0.4 is 0 Å². The van der Waals surface area contributed by atoms with Gasteiger partial charge in [-0.15, -0.1) is 0 Å². The van der Waals surface area contributed by atoms with Crippen LogP contribution in [0.25, 0.3) is 5.57 Å². The first-order chi connectivity index (χ1) is 10.6. The number of hydrogen-bond donors (Lipinski definition) is 2. The molecule has 0 aliphatic carbocycles. The molecule has 0 saturated heterocycles. The number of carbonyl (C=O) groups is 2. The molecule has 0 unspecified atom stereocenters. The zero-order valence-corrected chi connectivity index (χ0v) is 11.6. The zero-order chi connectivity index (χ0) is 15.9. The lowest BCUT2D eigenvalue weighted by atomic mass is 9.97. The van der Waals surface area contributed by atoms with E-state index in [1.807, 2.05) is 60.7 Å². The number of aliphatic carboxylic acids is 2. The highest BCUT2D eigenvalue weighted by Gasteiger charge is 2.15. The van der Waals surface area contributed by atoms with Gasteiger partial charge in [-0.2, -0.15) is 0 Å². The molecule has 0 radical (unpaired) electrons. The molecule has 110 valence electrons. The van der Waals surface area contributed by atoms with Crippen LogP contribution in [-0.2, 0) is 9.59 Å². The summed E-state index contributed by atoms with van der Waals surface area (Å²) in [6, 6.07) is 18.7. The largest absolute Gasteiger partial charge is 0.477 e. The van der Waals surface area contributed by atoms with Gasteiger partial charge in [-0.1, -0.05) is 66.7 Å². The van der Waals surface area contributed by atoms with Gasteiger partial charge in [0.1, 0.15) is 5.57 Å². The minimum atomic E-state index is -1.47. The molecule has 22 heavy (non-hydrogen) atoms. The highest BCUT2D eigenvalue weighted by molar-refractivity contribution is 6.12. The Balaban J connectivity index is 2.55. The Labute approximate surface area is 127 Å². The van der Waals surface area contributed by atoms with Crippen LogP contribution >= 0.6 is 0 Å². The topological polar surface area (TPSA) is 74.6 Å². The molecule has 0 fully saturated rings. The molecule has 2 rings (SSSR count). The Morgan fingerprint density at radius 2 is 1.09 bits per heavy atom. The van der Waals surface area contributed by atoms with Gasteiger partial charge in [-0.25, -0.2) is 9.59 Å². The van der Waals surface area contributed by atoms with Gasteiger partial charge < -0.3 is 10.2 Å². The zero-order valence-electron chi connectivity index (χ0n) is 11.6. The standard InChI is InChI=1S/C18H14O4/c19-17(20)16(18(21)22)12-11-15(13-7-3-1-4-8-13)14-9-5-2-6-10-14/h1-12H,(H,19,20)(H,21,22). The van der Waals surface area contributed by atoms with E-state index in [4.69, 9.17) is 10.2 Å². The van der Waals surface area contributed by atoms with Crippen LogP contribution in [0, 0.1) is 0 Å². The lowest BCUT2D eigenvalue weighted by Gasteiger charge is -2.07. The Hall–Kier alpha value is -3.14. The van der Waals surface area contributed by atoms with E-state index in [1.165, 1.54) is 6.08 Å². The number of benzene rings is 2. The van der Waals surface area contributed by atoms with Gasteiger partial charge in [0.25, 0.3) is 0 Å². The maximum Gasteiger partial charge on any atom is 0.343 e. The van der Waals surface area contributed by atoms with E-state index in [1.54, 1.807) is 0 Å². The van der Waals surface area contributed by atoms with E-state index in [2.05, 4.69) is 0 Å². The van der Waals surface area contributed by atoms with Crippen molar-refractivity contribution < 1.29 is 19.8 Å². The second-order valence-electron chi connectivity index (χ2n) is 4.50. The average Bonchev–Trinajstić information content (AvgIpc) is 2.52. The molecular weight excluding hydrogens is 280 g/mol. The number of hydrogen-bond acceptors (Lipinski definition) is 2. The first-order valence-corrected chi connectivity index (χ1v) is 6.59. The molecule has 0 bridgehead atoms. The molecular formula is C18H14O4. The summed E-state index contributed by atoms with van der Waals surface area (Å²) in [6.07, 6.45) is 2.63. The normalized spacial score (nSPS) is 9.64. The van der Waals surface area contributed by atoms with Gasteiger partial charge in [-0.05, 0) is 22.8 Å². The van der Waals surface area contributed by atoms with Gasteiger partial charge in [0.15, 0.2) is 0 Å². The van der Waals surface area contributed by atoms with Gasteiger partial charge >= 0.3 is 11.9 Å². The quantitative estimate of drug-likeness (QED) is 0.384. The van der Waals surface area contributed by atoms with Crippen LogP contribution in [0.5, 0.6) is 0 Å². The van der Waals surface area contributed by atoms with Crippen molar-refractivity contribution in [2.75, 3.05) is 0 Å². The number of allylic oxidation sites excluding steroid dienone is 2. The Kier molecular flexibility index (Phi) is 4.88. The number of carboxylic acids is 2. The maximum absolute atomic E-state index is 10.9. The van der Waals surface area contributed by atoms with E-state index in [0.717, 1.165) is 22.8 Å². The van der Waals surface area contributed by atoms with Crippen LogP contribution in [0.1, 0.15) is 11.1 Å². The third kappa shape index (κ3) is 3.70. The van der Waals surface area contributed by atoms with Crippen LogP contribution in [0.3, 0.4) is 0 Å². The molecule has 0 amide bonds. The van der Waals surface area contributed by atoms with E-state index >= 15 is 0 Å². The van der Waals surface area contributed by atoms with Crippen molar-refractivity contribution in [2.24, 2.45) is 0 Å². The monoisotopic (exact) mass is 294 g/mol. The summed E-state index contributed by atoms with van der Waals surface area (Å²) in [5.74, 6) is -2.94. The van der Waals surface area contributed by atoms with Crippen LogP contribution in [0.15, 0.2) is 78.4 Å². The number of carboxylic acid groups (broad SMARTS) is 2. The minimum absolute atomic E-state index is 0.677. The summed E-state index contributed by atoms with van der Waals surface area (Å²) in [4.78, 5) is 21.9. The van der Waals surface area contributed by atoms with Crippen molar-refractivity contribution >= 4 is 17.5 Å². The summed E-state index contributed by atoms with van der Waals surface area (Å²) in [5.41, 5.74) is 1.82. The number of rotatable bonds is 5. The van der Waals surface area contributed by atoms with Gasteiger partial charge in [0.2, 0.25) is 0 Å². The summed E-state index contributed by atoms with van der Waals surface area (Å²) in [7, 11) is 0. The Morgan fingerprint density at radius 1 is 0.682 bits per heavy atom. The molecule has 2 aromatic rings. The smallest absolute Gasteiger partial charge is 0.343 e. The fourth-order valence-electron chi connectivity index (χ4n) is 2.00. The van der Waals surface area contributed by atoms with E-state index in [-0.39, 0.29) is 0 Å². The highest BCUT2D eigenvalue weighted by atomic mass is 16.4.